The Morgan fingerprint density at radius 3 is 2.57 bits per heavy atom. The second-order valence-electron chi connectivity index (χ2n) is 9.23. The molecule has 0 saturated carbocycles. The van der Waals surface area contributed by atoms with Gasteiger partial charge < -0.3 is 20.3 Å². The number of rotatable bonds is 5. The molecule has 2 saturated heterocycles. The van der Waals surface area contributed by atoms with E-state index in [2.05, 4.69) is 28.9 Å². The van der Waals surface area contributed by atoms with Gasteiger partial charge in [0, 0.05) is 44.5 Å². The molecule has 4 rings (SSSR count). The zero-order valence-electron chi connectivity index (χ0n) is 18.5. The Bertz CT molecular complexity index is 711. The van der Waals surface area contributed by atoms with Crippen molar-refractivity contribution >= 4 is 11.7 Å². The van der Waals surface area contributed by atoms with Gasteiger partial charge in [-0.15, -0.1) is 0 Å². The van der Waals surface area contributed by atoms with Crippen molar-refractivity contribution in [3.63, 3.8) is 0 Å². The highest BCUT2D eigenvalue weighted by Crippen LogP contribution is 2.28. The molecule has 1 aliphatic carbocycles. The summed E-state index contributed by atoms with van der Waals surface area (Å²) in [6.45, 7) is 9.20. The van der Waals surface area contributed by atoms with E-state index < -0.39 is 0 Å². The molecule has 3 aliphatic rings. The SMILES string of the molecule is CCCN(CC1CCN(C(=O)N2CCOCC2)CC1)C1CCc2ccc(N)cc2C1. The van der Waals surface area contributed by atoms with Crippen LogP contribution in [0.25, 0.3) is 0 Å². The van der Waals surface area contributed by atoms with E-state index in [1.807, 2.05) is 11.0 Å². The van der Waals surface area contributed by atoms with Gasteiger partial charge in [0.05, 0.1) is 13.2 Å². The van der Waals surface area contributed by atoms with E-state index in [9.17, 15) is 4.79 Å². The maximum Gasteiger partial charge on any atom is 0.320 e. The average molecular weight is 415 g/mol. The number of fused-ring (bicyclic) bond motifs is 1. The normalized spacial score (nSPS) is 22.9. The fourth-order valence-corrected chi connectivity index (χ4v) is 5.37. The molecule has 2 aliphatic heterocycles. The average Bonchev–Trinajstić information content (AvgIpc) is 2.79. The fourth-order valence-electron chi connectivity index (χ4n) is 5.37. The number of carbonyl (C=O) groups excluding carboxylic acids is 1. The number of nitrogen functional groups attached to an aromatic ring is 1. The number of carbonyl (C=O) groups is 1. The molecular weight excluding hydrogens is 376 g/mol. The standard InChI is InChI=1S/C24H38N4O2/c1-2-9-28(23-6-4-20-3-5-22(25)16-21(20)17-23)18-19-7-10-26(11-8-19)24(29)27-12-14-30-15-13-27/h3,5,16,19,23H,2,4,6-15,17-18,25H2,1H3. The van der Waals surface area contributed by atoms with E-state index in [0.717, 1.165) is 70.6 Å². The Morgan fingerprint density at radius 1 is 1.10 bits per heavy atom. The molecule has 0 bridgehead atoms. The smallest absolute Gasteiger partial charge is 0.320 e. The van der Waals surface area contributed by atoms with Crippen molar-refractivity contribution in [3.05, 3.63) is 29.3 Å². The summed E-state index contributed by atoms with van der Waals surface area (Å²) in [4.78, 5) is 19.5. The van der Waals surface area contributed by atoms with Crippen LogP contribution < -0.4 is 5.73 Å². The number of ether oxygens (including phenoxy) is 1. The van der Waals surface area contributed by atoms with Gasteiger partial charge in [-0.1, -0.05) is 13.0 Å². The van der Waals surface area contributed by atoms with Crippen LogP contribution in [0.4, 0.5) is 10.5 Å². The number of aryl methyl sites for hydroxylation is 1. The molecule has 0 aromatic heterocycles. The maximum atomic E-state index is 12.8. The second-order valence-corrected chi connectivity index (χ2v) is 9.23. The number of piperidine rings is 1. The molecule has 1 aromatic carbocycles. The van der Waals surface area contributed by atoms with Crippen molar-refractivity contribution in [1.29, 1.82) is 0 Å². The zero-order chi connectivity index (χ0) is 20.9. The maximum absolute atomic E-state index is 12.8. The summed E-state index contributed by atoms with van der Waals surface area (Å²) in [5.74, 6) is 0.688. The molecule has 0 radical (unpaired) electrons. The van der Waals surface area contributed by atoms with Gasteiger partial charge in [-0.05, 0) is 74.2 Å². The third kappa shape index (κ3) is 5.09. The molecule has 2 amide bonds. The molecule has 2 fully saturated rings. The predicted molar refractivity (Wildman–Crippen MR) is 121 cm³/mol. The van der Waals surface area contributed by atoms with E-state index in [0.29, 0.717) is 25.2 Å². The van der Waals surface area contributed by atoms with Crippen molar-refractivity contribution in [2.45, 2.75) is 51.5 Å². The molecule has 30 heavy (non-hydrogen) atoms. The van der Waals surface area contributed by atoms with Crippen molar-refractivity contribution in [2.24, 2.45) is 5.92 Å². The highest BCUT2D eigenvalue weighted by Gasteiger charge is 2.30. The van der Waals surface area contributed by atoms with Crippen LogP contribution in [0.2, 0.25) is 0 Å². The summed E-state index contributed by atoms with van der Waals surface area (Å²) in [6, 6.07) is 7.26. The summed E-state index contributed by atoms with van der Waals surface area (Å²) < 4.78 is 5.38. The van der Waals surface area contributed by atoms with E-state index in [1.165, 1.54) is 24.0 Å². The molecular formula is C24H38N4O2. The molecule has 166 valence electrons. The largest absolute Gasteiger partial charge is 0.399 e. The van der Waals surface area contributed by atoms with Crippen LogP contribution in [0.1, 0.15) is 43.7 Å². The van der Waals surface area contributed by atoms with Gasteiger partial charge in [0.2, 0.25) is 0 Å². The van der Waals surface area contributed by atoms with Gasteiger partial charge in [-0.3, -0.25) is 4.90 Å². The lowest BCUT2D eigenvalue weighted by Gasteiger charge is -2.41. The number of amides is 2. The molecule has 6 heteroatoms. The van der Waals surface area contributed by atoms with E-state index in [1.54, 1.807) is 0 Å². The zero-order valence-corrected chi connectivity index (χ0v) is 18.5. The van der Waals surface area contributed by atoms with Gasteiger partial charge in [-0.25, -0.2) is 4.79 Å². The van der Waals surface area contributed by atoms with Gasteiger partial charge >= 0.3 is 6.03 Å². The molecule has 2 heterocycles. The van der Waals surface area contributed by atoms with Crippen LogP contribution in [-0.2, 0) is 17.6 Å². The minimum absolute atomic E-state index is 0.212. The Labute approximate surface area is 181 Å². The number of hydrogen-bond donors (Lipinski definition) is 1. The Balaban J connectivity index is 1.30. The van der Waals surface area contributed by atoms with Crippen LogP contribution in [0.3, 0.4) is 0 Å². The lowest BCUT2D eigenvalue weighted by molar-refractivity contribution is 0.0383. The topological polar surface area (TPSA) is 62.0 Å². The number of nitrogens with two attached hydrogens (primary N) is 1. The lowest BCUT2D eigenvalue weighted by Crippen LogP contribution is -2.51. The van der Waals surface area contributed by atoms with Crippen LogP contribution >= 0.6 is 0 Å². The van der Waals surface area contributed by atoms with Crippen molar-refractivity contribution in [3.8, 4) is 0 Å². The molecule has 1 atom stereocenters. The number of anilines is 1. The highest BCUT2D eigenvalue weighted by molar-refractivity contribution is 5.74. The Morgan fingerprint density at radius 2 is 1.83 bits per heavy atom. The summed E-state index contributed by atoms with van der Waals surface area (Å²) in [5, 5.41) is 0. The van der Waals surface area contributed by atoms with Crippen molar-refractivity contribution < 1.29 is 9.53 Å². The van der Waals surface area contributed by atoms with Crippen LogP contribution in [0, 0.1) is 5.92 Å². The van der Waals surface area contributed by atoms with Crippen LogP contribution in [-0.4, -0.2) is 79.3 Å². The summed E-state index contributed by atoms with van der Waals surface area (Å²) in [6.07, 6.45) is 6.95. The van der Waals surface area contributed by atoms with Crippen LogP contribution in [0.5, 0.6) is 0 Å². The molecule has 0 spiro atoms. The van der Waals surface area contributed by atoms with Gasteiger partial charge in [0.25, 0.3) is 0 Å². The monoisotopic (exact) mass is 414 g/mol. The molecule has 6 nitrogen and oxygen atoms in total. The number of hydrogen-bond acceptors (Lipinski definition) is 4. The first-order chi connectivity index (χ1) is 14.6. The number of benzene rings is 1. The minimum Gasteiger partial charge on any atom is -0.399 e. The van der Waals surface area contributed by atoms with E-state index in [4.69, 9.17) is 10.5 Å². The summed E-state index contributed by atoms with van der Waals surface area (Å²) in [7, 11) is 0. The quantitative estimate of drug-likeness (QED) is 0.753. The Kier molecular flexibility index (Phi) is 7.16. The lowest BCUT2D eigenvalue weighted by atomic mass is 9.86. The number of nitrogens with zero attached hydrogens (tertiary/aromatic N) is 3. The van der Waals surface area contributed by atoms with Gasteiger partial charge in [-0.2, -0.15) is 0 Å². The van der Waals surface area contributed by atoms with Crippen molar-refractivity contribution in [1.82, 2.24) is 14.7 Å². The Hall–Kier alpha value is -1.79. The molecule has 1 aromatic rings. The number of urea groups is 1. The first-order valence-corrected chi connectivity index (χ1v) is 11.9. The third-order valence-corrected chi connectivity index (χ3v) is 7.12. The highest BCUT2D eigenvalue weighted by atomic mass is 16.5. The van der Waals surface area contributed by atoms with Gasteiger partial charge in [0.1, 0.15) is 0 Å². The minimum atomic E-state index is 0.212. The first kappa shape index (κ1) is 21.4. The van der Waals surface area contributed by atoms with E-state index in [-0.39, 0.29) is 6.03 Å². The summed E-state index contributed by atoms with van der Waals surface area (Å²) >= 11 is 0. The molecule has 1 unspecified atom stereocenters. The number of likely N-dealkylation sites (tertiary alicyclic amines) is 1. The predicted octanol–water partition coefficient (Wildman–Crippen LogP) is 3.00. The van der Waals surface area contributed by atoms with Crippen LogP contribution in [0.15, 0.2) is 18.2 Å². The third-order valence-electron chi connectivity index (χ3n) is 7.12. The fraction of sp³-hybridized carbons (Fsp3) is 0.708. The summed E-state index contributed by atoms with van der Waals surface area (Å²) in [5.41, 5.74) is 9.85. The van der Waals surface area contributed by atoms with Gasteiger partial charge in [0.15, 0.2) is 0 Å². The number of morpholine rings is 1. The first-order valence-electron chi connectivity index (χ1n) is 11.9. The molecule has 2 N–H and O–H groups in total. The van der Waals surface area contributed by atoms with Crippen molar-refractivity contribution in [2.75, 3.05) is 58.2 Å². The van der Waals surface area contributed by atoms with E-state index >= 15 is 0 Å². The second kappa shape index (κ2) is 10.0.